The van der Waals surface area contributed by atoms with Gasteiger partial charge in [0.15, 0.2) is 0 Å². The first kappa shape index (κ1) is 33.7. The zero-order chi connectivity index (χ0) is 27.3. The molecule has 0 radical (unpaired) electrons. The van der Waals surface area contributed by atoms with Gasteiger partial charge >= 0.3 is 6.09 Å². The maximum absolute atomic E-state index is 11.7. The molecule has 0 aromatic carbocycles. The molecule has 0 heterocycles. The van der Waals surface area contributed by atoms with E-state index >= 15 is 0 Å². The van der Waals surface area contributed by atoms with Gasteiger partial charge in [0.1, 0.15) is 6.10 Å². The maximum Gasteiger partial charge on any atom is 0.404 e. The Morgan fingerprint density at radius 2 is 1.66 bits per heavy atom. The smallest absolute Gasteiger partial charge is 0.404 e. The van der Waals surface area contributed by atoms with Gasteiger partial charge in [-0.3, -0.25) is 0 Å². The van der Waals surface area contributed by atoms with E-state index in [1.54, 1.807) is 13.2 Å². The molecule has 0 aliphatic rings. The topological polar surface area (TPSA) is 91.0 Å². The van der Waals surface area contributed by atoms with Crippen LogP contribution >= 0.6 is 12.0 Å². The lowest BCUT2D eigenvalue weighted by Crippen LogP contribution is -2.42. The van der Waals surface area contributed by atoms with Crippen LogP contribution in [-0.2, 0) is 13.7 Å². The van der Waals surface area contributed by atoms with Crippen LogP contribution in [0, 0.1) is 29.6 Å². The molecular formula is C28H51NO5S. The van der Waals surface area contributed by atoms with Crippen molar-refractivity contribution >= 4 is 18.1 Å². The number of hydrogen-bond donors (Lipinski definition) is 2. The molecule has 0 fully saturated rings. The first-order chi connectivity index (χ1) is 16.2. The fourth-order valence-corrected chi connectivity index (χ4v) is 5.35. The van der Waals surface area contributed by atoms with Crippen molar-refractivity contribution < 1.29 is 23.6 Å². The monoisotopic (exact) mass is 513 g/mol. The SMILES string of the molecule is C=C/C=C\C(C)[C@H](OC(N)=O)[C@@H](C)[C@H](OSC(C)(C)C)[C@@H](C)C/C(C)=C\C(C)C(OC)[C@@H](C)CO. The molecule has 7 heteroatoms. The summed E-state index contributed by atoms with van der Waals surface area (Å²) in [5.74, 6) is 0.183. The molecule has 0 aromatic heterocycles. The van der Waals surface area contributed by atoms with Crippen LogP contribution in [0.15, 0.2) is 36.5 Å². The van der Waals surface area contributed by atoms with Gasteiger partial charge in [-0.05, 0) is 52.1 Å². The highest BCUT2D eigenvalue weighted by Crippen LogP contribution is 2.36. The van der Waals surface area contributed by atoms with Crippen LogP contribution in [-0.4, -0.2) is 48.0 Å². The average molecular weight is 514 g/mol. The summed E-state index contributed by atoms with van der Waals surface area (Å²) in [5.41, 5.74) is 6.67. The minimum atomic E-state index is -0.788. The number of aliphatic hydroxyl groups is 1. The van der Waals surface area contributed by atoms with E-state index in [-0.39, 0.29) is 53.2 Å². The molecule has 0 aliphatic heterocycles. The van der Waals surface area contributed by atoms with Crippen LogP contribution in [0.25, 0.3) is 0 Å². The lowest BCUT2D eigenvalue weighted by molar-refractivity contribution is -0.00862. The quantitative estimate of drug-likeness (QED) is 0.138. The van der Waals surface area contributed by atoms with Crippen LogP contribution < -0.4 is 5.73 Å². The van der Waals surface area contributed by atoms with E-state index in [2.05, 4.69) is 61.1 Å². The molecule has 0 saturated heterocycles. The molecule has 204 valence electrons. The summed E-state index contributed by atoms with van der Waals surface area (Å²) in [5, 5.41) is 9.56. The summed E-state index contributed by atoms with van der Waals surface area (Å²) in [6.07, 6.45) is 7.09. The predicted molar refractivity (Wildman–Crippen MR) is 148 cm³/mol. The van der Waals surface area contributed by atoms with E-state index in [1.165, 1.54) is 17.6 Å². The highest BCUT2D eigenvalue weighted by atomic mass is 32.2. The number of allylic oxidation sites excluding steroid dienone is 3. The normalized spacial score (nSPS) is 19.9. The Bertz CT molecular complexity index is 687. The number of ether oxygens (including phenoxy) is 2. The number of methoxy groups -OCH3 is 1. The van der Waals surface area contributed by atoms with Crippen molar-refractivity contribution in [2.45, 2.75) is 91.8 Å². The molecule has 0 rings (SSSR count). The van der Waals surface area contributed by atoms with Crippen molar-refractivity contribution in [1.29, 1.82) is 0 Å². The minimum Gasteiger partial charge on any atom is -0.445 e. The maximum atomic E-state index is 11.7. The zero-order valence-electron chi connectivity index (χ0n) is 23.6. The van der Waals surface area contributed by atoms with Gasteiger partial charge in [0.05, 0.1) is 12.2 Å². The van der Waals surface area contributed by atoms with Gasteiger partial charge in [-0.25, -0.2) is 4.79 Å². The van der Waals surface area contributed by atoms with Gasteiger partial charge in [-0.2, -0.15) is 0 Å². The van der Waals surface area contributed by atoms with Gasteiger partial charge in [0.2, 0.25) is 0 Å². The zero-order valence-corrected chi connectivity index (χ0v) is 24.4. The molecule has 0 saturated carbocycles. The molecule has 35 heavy (non-hydrogen) atoms. The van der Waals surface area contributed by atoms with Crippen molar-refractivity contribution in [3.05, 3.63) is 36.5 Å². The number of aliphatic hydroxyl groups excluding tert-OH is 1. The summed E-state index contributed by atoms with van der Waals surface area (Å²) < 4.78 is 17.6. The van der Waals surface area contributed by atoms with Gasteiger partial charge in [0.25, 0.3) is 0 Å². The summed E-state index contributed by atoms with van der Waals surface area (Å²) in [6.45, 7) is 22.6. The first-order valence-corrected chi connectivity index (χ1v) is 13.3. The summed E-state index contributed by atoms with van der Waals surface area (Å²) >= 11 is 1.45. The average Bonchev–Trinajstić information content (AvgIpc) is 2.74. The van der Waals surface area contributed by atoms with Crippen LogP contribution in [0.5, 0.6) is 0 Å². The highest BCUT2D eigenvalue weighted by Gasteiger charge is 2.36. The second-order valence-electron chi connectivity index (χ2n) is 10.9. The Morgan fingerprint density at radius 1 is 1.06 bits per heavy atom. The van der Waals surface area contributed by atoms with Gasteiger partial charge in [-0.15, -0.1) is 0 Å². The summed E-state index contributed by atoms with van der Waals surface area (Å²) in [6, 6.07) is 0. The lowest BCUT2D eigenvalue weighted by Gasteiger charge is -2.37. The number of hydrogen-bond acceptors (Lipinski definition) is 6. The van der Waals surface area contributed by atoms with Crippen molar-refractivity contribution in [3.8, 4) is 0 Å². The van der Waals surface area contributed by atoms with E-state index < -0.39 is 12.2 Å². The van der Waals surface area contributed by atoms with Crippen LogP contribution in [0.3, 0.4) is 0 Å². The fraction of sp³-hybridized carbons (Fsp3) is 0.750. The second-order valence-corrected chi connectivity index (χ2v) is 12.5. The van der Waals surface area contributed by atoms with Gasteiger partial charge in [0, 0.05) is 42.1 Å². The van der Waals surface area contributed by atoms with Crippen molar-refractivity contribution in [2.24, 2.45) is 35.3 Å². The molecule has 8 atom stereocenters. The van der Waals surface area contributed by atoms with Gasteiger partial charge < -0.3 is 24.5 Å². The standard InChI is InChI=1S/C28H51NO5S/c1-12-13-14-19(3)25(33-27(29)31)23(7)26(34-35-28(8,9)10)21(5)16-18(2)15-20(4)24(32-11)22(6)17-30/h12-15,19-26,30H,1,16-17H2,2-11H3,(H2,29,31)/b14-13-,18-15-/t19?,20?,21-,22-,23+,24?,25-,26+/m0/s1. The van der Waals surface area contributed by atoms with E-state index in [9.17, 15) is 9.90 Å². The molecule has 6 nitrogen and oxygen atoms in total. The Hall–Kier alpha value is -1.28. The van der Waals surface area contributed by atoms with E-state index in [0.29, 0.717) is 0 Å². The summed E-state index contributed by atoms with van der Waals surface area (Å²) in [7, 11) is 1.69. The van der Waals surface area contributed by atoms with E-state index in [4.69, 9.17) is 19.4 Å². The van der Waals surface area contributed by atoms with Crippen LogP contribution in [0.2, 0.25) is 0 Å². The Kier molecular flexibility index (Phi) is 15.9. The Labute approximate surface area is 218 Å². The number of carbonyl (C=O) groups is 1. The molecule has 0 spiro atoms. The molecule has 0 aliphatic carbocycles. The molecule has 3 unspecified atom stereocenters. The Balaban J connectivity index is 5.89. The first-order valence-electron chi connectivity index (χ1n) is 12.6. The number of carbonyl (C=O) groups excluding carboxylic acids is 1. The van der Waals surface area contributed by atoms with Crippen molar-refractivity contribution in [3.63, 3.8) is 0 Å². The highest BCUT2D eigenvalue weighted by molar-refractivity contribution is 7.96. The molecule has 3 N–H and O–H groups in total. The number of rotatable bonds is 16. The fourth-order valence-electron chi connectivity index (χ4n) is 4.58. The van der Waals surface area contributed by atoms with Gasteiger partial charge in [-0.1, -0.05) is 71.1 Å². The Morgan fingerprint density at radius 3 is 2.11 bits per heavy atom. The number of primary amides is 1. The third-order valence-corrected chi connectivity index (χ3v) is 6.98. The van der Waals surface area contributed by atoms with Crippen molar-refractivity contribution in [1.82, 2.24) is 0 Å². The second kappa shape index (κ2) is 16.5. The number of amides is 1. The van der Waals surface area contributed by atoms with Crippen LogP contribution in [0.1, 0.15) is 68.7 Å². The van der Waals surface area contributed by atoms with Crippen molar-refractivity contribution in [2.75, 3.05) is 13.7 Å². The third-order valence-electron chi connectivity index (χ3n) is 6.16. The number of nitrogens with two attached hydrogens (primary N) is 1. The molecule has 0 bridgehead atoms. The summed E-state index contributed by atoms with van der Waals surface area (Å²) in [4.78, 5) is 11.7. The predicted octanol–water partition coefficient (Wildman–Crippen LogP) is 6.55. The lowest BCUT2D eigenvalue weighted by atomic mass is 9.81. The third kappa shape index (κ3) is 13.0. The van der Waals surface area contributed by atoms with E-state index in [1.807, 2.05) is 26.0 Å². The molecular weight excluding hydrogens is 462 g/mol. The largest absolute Gasteiger partial charge is 0.445 e. The molecule has 1 amide bonds. The van der Waals surface area contributed by atoms with Crippen LogP contribution in [0.4, 0.5) is 4.79 Å². The van der Waals surface area contributed by atoms with E-state index in [0.717, 1.165) is 6.42 Å². The molecule has 0 aromatic rings. The minimum absolute atomic E-state index is 0.0487.